The number of nitrogens with zero attached hydrogens (tertiary/aromatic N) is 1. The first-order valence-electron chi connectivity index (χ1n) is 6.12. The lowest BCUT2D eigenvalue weighted by Crippen LogP contribution is -2.29. The molecule has 0 saturated heterocycles. The van der Waals surface area contributed by atoms with Crippen LogP contribution in [0.5, 0.6) is 0 Å². The van der Waals surface area contributed by atoms with E-state index in [9.17, 15) is 16.8 Å². The van der Waals surface area contributed by atoms with Crippen molar-refractivity contribution in [2.24, 2.45) is 0 Å². The quantitative estimate of drug-likeness (QED) is 0.710. The second-order valence-electron chi connectivity index (χ2n) is 4.30. The number of hydrogen-bond acceptors (Lipinski definition) is 6. The zero-order chi connectivity index (χ0) is 15.2. The standard InChI is InChI=1S/C11H19N3O4S2/c1-3-6-12-11-10(5-4-7-13-11)20(17,18)14-8-9-19(2,15)16/h4-5,7,14H,3,6,8-9H2,1-2H3,(H,12,13). The van der Waals surface area contributed by atoms with Crippen LogP contribution in [0.25, 0.3) is 0 Å². The predicted octanol–water partition coefficient (Wildman–Crippen LogP) is 0.226. The summed E-state index contributed by atoms with van der Waals surface area (Å²) in [4.78, 5) is 4.01. The number of sulfone groups is 1. The van der Waals surface area contributed by atoms with Gasteiger partial charge >= 0.3 is 0 Å². The van der Waals surface area contributed by atoms with E-state index in [2.05, 4.69) is 15.0 Å². The second kappa shape index (κ2) is 7.00. The molecule has 0 saturated carbocycles. The van der Waals surface area contributed by atoms with Crippen LogP contribution in [0.3, 0.4) is 0 Å². The molecule has 0 fully saturated rings. The van der Waals surface area contributed by atoms with E-state index in [-0.39, 0.29) is 23.0 Å². The molecule has 9 heteroatoms. The monoisotopic (exact) mass is 321 g/mol. The first-order chi connectivity index (χ1) is 9.26. The molecule has 0 spiro atoms. The summed E-state index contributed by atoms with van der Waals surface area (Å²) in [6.07, 6.45) is 3.38. The molecule has 20 heavy (non-hydrogen) atoms. The zero-order valence-electron chi connectivity index (χ0n) is 11.5. The van der Waals surface area contributed by atoms with Gasteiger partial charge in [0, 0.05) is 25.5 Å². The minimum atomic E-state index is -3.78. The van der Waals surface area contributed by atoms with Crippen LogP contribution in [0.2, 0.25) is 0 Å². The molecule has 0 aliphatic carbocycles. The van der Waals surface area contributed by atoms with Gasteiger partial charge in [0.05, 0.1) is 5.75 Å². The van der Waals surface area contributed by atoms with Gasteiger partial charge in [-0.15, -0.1) is 0 Å². The third kappa shape index (κ3) is 5.43. The maximum absolute atomic E-state index is 12.1. The predicted molar refractivity (Wildman–Crippen MR) is 77.9 cm³/mol. The van der Waals surface area contributed by atoms with Gasteiger partial charge in [-0.1, -0.05) is 6.92 Å². The zero-order valence-corrected chi connectivity index (χ0v) is 13.1. The highest BCUT2D eigenvalue weighted by Crippen LogP contribution is 2.17. The summed E-state index contributed by atoms with van der Waals surface area (Å²) in [6, 6.07) is 2.94. The summed E-state index contributed by atoms with van der Waals surface area (Å²) in [6.45, 7) is 2.39. The summed E-state index contributed by atoms with van der Waals surface area (Å²) in [5.74, 6) is 0.0192. The van der Waals surface area contributed by atoms with Crippen molar-refractivity contribution in [2.75, 3.05) is 30.4 Å². The highest BCUT2D eigenvalue weighted by Gasteiger charge is 2.19. The Morgan fingerprint density at radius 3 is 2.50 bits per heavy atom. The van der Waals surface area contributed by atoms with Crippen molar-refractivity contribution in [2.45, 2.75) is 18.2 Å². The van der Waals surface area contributed by atoms with E-state index in [4.69, 9.17) is 0 Å². The van der Waals surface area contributed by atoms with Crippen LogP contribution >= 0.6 is 0 Å². The van der Waals surface area contributed by atoms with Gasteiger partial charge in [0.2, 0.25) is 10.0 Å². The van der Waals surface area contributed by atoms with E-state index in [0.717, 1.165) is 12.7 Å². The topological polar surface area (TPSA) is 105 Å². The first kappa shape index (κ1) is 16.9. The smallest absolute Gasteiger partial charge is 0.244 e. The fraction of sp³-hybridized carbons (Fsp3) is 0.545. The van der Waals surface area contributed by atoms with E-state index >= 15 is 0 Å². The average Bonchev–Trinajstić information content (AvgIpc) is 2.34. The van der Waals surface area contributed by atoms with Gasteiger partial charge in [-0.2, -0.15) is 0 Å². The Kier molecular flexibility index (Phi) is 5.90. The van der Waals surface area contributed by atoms with Crippen molar-refractivity contribution in [1.29, 1.82) is 0 Å². The van der Waals surface area contributed by atoms with Crippen LogP contribution < -0.4 is 10.0 Å². The summed E-state index contributed by atoms with van der Waals surface area (Å²) in [7, 11) is -6.99. The first-order valence-corrected chi connectivity index (χ1v) is 9.67. The number of anilines is 1. The van der Waals surface area contributed by atoms with Gasteiger partial charge < -0.3 is 5.32 Å². The number of rotatable bonds is 8. The lowest BCUT2D eigenvalue weighted by atomic mass is 10.4. The van der Waals surface area contributed by atoms with E-state index in [1.807, 2.05) is 6.92 Å². The van der Waals surface area contributed by atoms with Crippen molar-refractivity contribution in [1.82, 2.24) is 9.71 Å². The molecule has 0 aliphatic heterocycles. The molecular formula is C11H19N3O4S2. The third-order valence-corrected chi connectivity index (χ3v) is 4.81. The number of sulfonamides is 1. The molecule has 0 unspecified atom stereocenters. The summed E-state index contributed by atoms with van der Waals surface area (Å²) >= 11 is 0. The Labute approximate surface area is 119 Å². The fourth-order valence-corrected chi connectivity index (χ4v) is 3.19. The van der Waals surface area contributed by atoms with E-state index < -0.39 is 19.9 Å². The minimum absolute atomic E-state index is 0.0157. The van der Waals surface area contributed by atoms with Gasteiger partial charge in [0.15, 0.2) is 0 Å². The van der Waals surface area contributed by atoms with Gasteiger partial charge in [0.1, 0.15) is 20.6 Å². The molecule has 7 nitrogen and oxygen atoms in total. The molecule has 1 aromatic heterocycles. The molecule has 1 aromatic rings. The van der Waals surface area contributed by atoms with Gasteiger partial charge in [-0.3, -0.25) is 0 Å². The van der Waals surface area contributed by atoms with Gasteiger partial charge in [-0.25, -0.2) is 26.5 Å². The fourth-order valence-electron chi connectivity index (χ4n) is 1.42. The van der Waals surface area contributed by atoms with Crippen LogP contribution in [0.1, 0.15) is 13.3 Å². The molecule has 1 rings (SSSR count). The van der Waals surface area contributed by atoms with Crippen molar-refractivity contribution >= 4 is 25.7 Å². The van der Waals surface area contributed by atoms with Crippen LogP contribution in [0.4, 0.5) is 5.82 Å². The Balaban J connectivity index is 2.86. The van der Waals surface area contributed by atoms with E-state index in [0.29, 0.717) is 6.54 Å². The molecule has 1 heterocycles. The maximum Gasteiger partial charge on any atom is 0.244 e. The second-order valence-corrected chi connectivity index (χ2v) is 8.30. The van der Waals surface area contributed by atoms with Crippen molar-refractivity contribution < 1.29 is 16.8 Å². The van der Waals surface area contributed by atoms with Crippen LogP contribution in [0, 0.1) is 0 Å². The number of hydrogen-bond donors (Lipinski definition) is 2. The molecule has 0 aliphatic rings. The van der Waals surface area contributed by atoms with Gasteiger partial charge in [-0.05, 0) is 18.6 Å². The van der Waals surface area contributed by atoms with Crippen LogP contribution in [-0.2, 0) is 19.9 Å². The SMILES string of the molecule is CCCNc1ncccc1S(=O)(=O)NCCS(C)(=O)=O. The lowest BCUT2D eigenvalue weighted by molar-refractivity contribution is 0.582. The summed E-state index contributed by atoms with van der Waals surface area (Å²) in [5.41, 5.74) is 0. The van der Waals surface area contributed by atoms with Gasteiger partial charge in [0.25, 0.3) is 0 Å². The molecule has 0 aromatic carbocycles. The molecule has 2 N–H and O–H groups in total. The minimum Gasteiger partial charge on any atom is -0.369 e. The number of nitrogens with one attached hydrogen (secondary N) is 2. The normalized spacial score (nSPS) is 12.3. The molecule has 0 atom stereocenters. The average molecular weight is 321 g/mol. The van der Waals surface area contributed by atoms with Crippen molar-refractivity contribution in [3.05, 3.63) is 18.3 Å². The molecule has 0 amide bonds. The molecular weight excluding hydrogens is 302 g/mol. The largest absolute Gasteiger partial charge is 0.369 e. The number of pyridine rings is 1. The molecule has 114 valence electrons. The Bertz CT molecular complexity index is 641. The number of aromatic nitrogens is 1. The van der Waals surface area contributed by atoms with Crippen LogP contribution in [-0.4, -0.2) is 46.9 Å². The summed E-state index contributed by atoms with van der Waals surface area (Å²) < 4.78 is 48.5. The summed E-state index contributed by atoms with van der Waals surface area (Å²) in [5, 5.41) is 2.93. The Morgan fingerprint density at radius 2 is 1.90 bits per heavy atom. The van der Waals surface area contributed by atoms with Crippen molar-refractivity contribution in [3.8, 4) is 0 Å². The highest BCUT2D eigenvalue weighted by atomic mass is 32.2. The maximum atomic E-state index is 12.1. The Hall–Kier alpha value is -1.19. The van der Waals surface area contributed by atoms with Crippen LogP contribution in [0.15, 0.2) is 23.2 Å². The van der Waals surface area contributed by atoms with Crippen molar-refractivity contribution in [3.63, 3.8) is 0 Å². The van der Waals surface area contributed by atoms with E-state index in [1.165, 1.54) is 18.3 Å². The molecule has 0 radical (unpaired) electrons. The lowest BCUT2D eigenvalue weighted by Gasteiger charge is -2.11. The van der Waals surface area contributed by atoms with E-state index in [1.54, 1.807) is 0 Å². The third-order valence-electron chi connectivity index (χ3n) is 2.37. The Morgan fingerprint density at radius 1 is 1.20 bits per heavy atom. The highest BCUT2D eigenvalue weighted by molar-refractivity contribution is 7.91. The molecule has 0 bridgehead atoms.